The lowest BCUT2D eigenvalue weighted by atomic mass is 9.88. The van der Waals surface area contributed by atoms with Gasteiger partial charge in [-0.05, 0) is 61.8 Å². The Balaban J connectivity index is 1.74. The average Bonchev–Trinajstić information content (AvgIpc) is 2.55. The van der Waals surface area contributed by atoms with Gasteiger partial charge in [0.2, 0.25) is 0 Å². The summed E-state index contributed by atoms with van der Waals surface area (Å²) < 4.78 is 5.72. The third kappa shape index (κ3) is 3.80. The number of nitrogens with zero attached hydrogens (tertiary/aromatic N) is 1. The molecular weight excluding hydrogens is 286 g/mol. The van der Waals surface area contributed by atoms with Crippen molar-refractivity contribution in [2.24, 2.45) is 0 Å². The molecular formula is C20H23NO2. The van der Waals surface area contributed by atoms with Crippen molar-refractivity contribution in [3.63, 3.8) is 0 Å². The molecule has 0 N–H and O–H groups in total. The molecule has 0 heterocycles. The number of likely N-dealkylation sites (N-methyl/N-ethyl adjacent to an activating group) is 1. The highest BCUT2D eigenvalue weighted by atomic mass is 16.5. The van der Waals surface area contributed by atoms with Crippen LogP contribution < -0.4 is 4.74 Å². The molecule has 0 amide bonds. The zero-order valence-electron chi connectivity index (χ0n) is 13.8. The topological polar surface area (TPSA) is 29.5 Å². The number of ether oxygens (including phenoxy) is 1. The van der Waals surface area contributed by atoms with Crippen LogP contribution in [-0.4, -0.2) is 37.9 Å². The van der Waals surface area contributed by atoms with E-state index in [4.69, 9.17) is 4.74 Å². The van der Waals surface area contributed by atoms with Crippen LogP contribution >= 0.6 is 0 Å². The maximum Gasteiger partial charge on any atom is 0.163 e. The van der Waals surface area contributed by atoms with Crippen LogP contribution in [0.15, 0.2) is 42.5 Å². The zero-order valence-corrected chi connectivity index (χ0v) is 13.8. The lowest BCUT2D eigenvalue weighted by Crippen LogP contribution is -2.19. The summed E-state index contributed by atoms with van der Waals surface area (Å²) in [5, 5.41) is 0. The molecule has 0 saturated heterocycles. The van der Waals surface area contributed by atoms with Gasteiger partial charge in [0.15, 0.2) is 5.78 Å². The molecule has 0 atom stereocenters. The van der Waals surface area contributed by atoms with Crippen molar-refractivity contribution in [1.82, 2.24) is 4.90 Å². The van der Waals surface area contributed by atoms with Crippen molar-refractivity contribution >= 4 is 5.78 Å². The third-order valence-corrected chi connectivity index (χ3v) is 4.26. The van der Waals surface area contributed by atoms with Crippen molar-refractivity contribution in [3.8, 4) is 16.9 Å². The van der Waals surface area contributed by atoms with Gasteiger partial charge in [-0.25, -0.2) is 0 Å². The maximum atomic E-state index is 12.1. The fraction of sp³-hybridized carbons (Fsp3) is 0.350. The van der Waals surface area contributed by atoms with E-state index in [1.807, 2.05) is 32.3 Å². The lowest BCUT2D eigenvalue weighted by Gasteiger charge is -2.16. The van der Waals surface area contributed by atoms with Crippen LogP contribution in [0.25, 0.3) is 11.1 Å². The molecule has 0 radical (unpaired) electrons. The first-order valence-electron chi connectivity index (χ1n) is 8.17. The van der Waals surface area contributed by atoms with Gasteiger partial charge in [0.1, 0.15) is 12.4 Å². The van der Waals surface area contributed by atoms with Gasteiger partial charge < -0.3 is 9.64 Å². The van der Waals surface area contributed by atoms with Gasteiger partial charge in [0.25, 0.3) is 0 Å². The molecule has 0 spiro atoms. The Bertz CT molecular complexity index is 689. The molecule has 0 aromatic heterocycles. The molecule has 3 heteroatoms. The number of benzene rings is 2. The first kappa shape index (κ1) is 15.8. The van der Waals surface area contributed by atoms with Crippen LogP contribution in [0.4, 0.5) is 0 Å². The minimum atomic E-state index is 0.275. The SMILES string of the molecule is CN(C)CCOc1ccc(-c2ccc3c(c2)C(=O)CCC3)cc1. The molecule has 1 aliphatic rings. The second-order valence-corrected chi connectivity index (χ2v) is 6.32. The maximum absolute atomic E-state index is 12.1. The predicted molar refractivity (Wildman–Crippen MR) is 93.2 cm³/mol. The number of hydrogen-bond acceptors (Lipinski definition) is 3. The minimum absolute atomic E-state index is 0.275. The Hall–Kier alpha value is -2.13. The summed E-state index contributed by atoms with van der Waals surface area (Å²) in [5.41, 5.74) is 4.30. The molecule has 120 valence electrons. The molecule has 0 unspecified atom stereocenters. The summed E-state index contributed by atoms with van der Waals surface area (Å²) in [4.78, 5) is 14.2. The van der Waals surface area contributed by atoms with Gasteiger partial charge in [0, 0.05) is 18.5 Å². The quantitative estimate of drug-likeness (QED) is 0.841. The molecule has 0 fully saturated rings. The molecule has 2 aromatic rings. The smallest absolute Gasteiger partial charge is 0.163 e. The Morgan fingerprint density at radius 2 is 1.74 bits per heavy atom. The Kier molecular flexibility index (Phi) is 4.77. The Morgan fingerprint density at radius 3 is 2.48 bits per heavy atom. The van der Waals surface area contributed by atoms with Crippen molar-refractivity contribution in [2.75, 3.05) is 27.2 Å². The highest BCUT2D eigenvalue weighted by Gasteiger charge is 2.17. The summed E-state index contributed by atoms with van der Waals surface area (Å²) in [6, 6.07) is 14.3. The molecule has 1 aliphatic carbocycles. The van der Waals surface area contributed by atoms with Gasteiger partial charge in [-0.3, -0.25) is 4.79 Å². The van der Waals surface area contributed by atoms with Crippen LogP contribution in [0.1, 0.15) is 28.8 Å². The van der Waals surface area contributed by atoms with E-state index < -0.39 is 0 Å². The number of carbonyl (C=O) groups is 1. The highest BCUT2D eigenvalue weighted by Crippen LogP contribution is 2.28. The Morgan fingerprint density at radius 1 is 1.00 bits per heavy atom. The normalized spacial score (nSPS) is 14.0. The molecule has 0 saturated carbocycles. The van der Waals surface area contributed by atoms with E-state index in [2.05, 4.69) is 29.2 Å². The second-order valence-electron chi connectivity index (χ2n) is 6.32. The molecule has 3 nitrogen and oxygen atoms in total. The van der Waals surface area contributed by atoms with Gasteiger partial charge in [-0.15, -0.1) is 0 Å². The van der Waals surface area contributed by atoms with E-state index in [1.54, 1.807) is 0 Å². The number of fused-ring (bicyclic) bond motifs is 1. The van der Waals surface area contributed by atoms with E-state index in [1.165, 1.54) is 5.56 Å². The Labute approximate surface area is 137 Å². The monoisotopic (exact) mass is 309 g/mol. The zero-order chi connectivity index (χ0) is 16.2. The number of hydrogen-bond donors (Lipinski definition) is 0. The molecule has 2 aromatic carbocycles. The van der Waals surface area contributed by atoms with Crippen LogP contribution in [-0.2, 0) is 6.42 Å². The molecule has 0 bridgehead atoms. The largest absolute Gasteiger partial charge is 0.492 e. The molecule has 3 rings (SSSR count). The van der Waals surface area contributed by atoms with E-state index >= 15 is 0 Å². The van der Waals surface area contributed by atoms with Gasteiger partial charge in [0.05, 0.1) is 0 Å². The van der Waals surface area contributed by atoms with Crippen molar-refractivity contribution < 1.29 is 9.53 Å². The third-order valence-electron chi connectivity index (χ3n) is 4.26. The van der Waals surface area contributed by atoms with E-state index in [-0.39, 0.29) is 5.78 Å². The number of aryl methyl sites for hydroxylation is 1. The highest BCUT2D eigenvalue weighted by molar-refractivity contribution is 5.99. The minimum Gasteiger partial charge on any atom is -0.492 e. The van der Waals surface area contributed by atoms with E-state index in [9.17, 15) is 4.79 Å². The van der Waals surface area contributed by atoms with Crippen LogP contribution in [0.3, 0.4) is 0 Å². The van der Waals surface area contributed by atoms with Crippen LogP contribution in [0, 0.1) is 0 Å². The van der Waals surface area contributed by atoms with E-state index in [0.717, 1.165) is 41.8 Å². The molecule has 0 aliphatic heterocycles. The summed E-state index contributed by atoms with van der Waals surface area (Å²) >= 11 is 0. The molecule has 23 heavy (non-hydrogen) atoms. The average molecular weight is 309 g/mol. The van der Waals surface area contributed by atoms with Crippen molar-refractivity contribution in [2.45, 2.75) is 19.3 Å². The number of rotatable bonds is 5. The first-order valence-corrected chi connectivity index (χ1v) is 8.17. The van der Waals surface area contributed by atoms with Gasteiger partial charge in [-0.1, -0.05) is 24.3 Å². The summed E-state index contributed by atoms with van der Waals surface area (Å²) in [7, 11) is 4.06. The first-order chi connectivity index (χ1) is 11.1. The van der Waals surface area contributed by atoms with E-state index in [0.29, 0.717) is 13.0 Å². The number of ketones is 1. The lowest BCUT2D eigenvalue weighted by molar-refractivity contribution is 0.0972. The van der Waals surface area contributed by atoms with Crippen molar-refractivity contribution in [1.29, 1.82) is 0 Å². The fourth-order valence-corrected chi connectivity index (χ4v) is 2.90. The predicted octanol–water partition coefficient (Wildman–Crippen LogP) is 3.81. The van der Waals surface area contributed by atoms with Crippen molar-refractivity contribution in [3.05, 3.63) is 53.6 Å². The van der Waals surface area contributed by atoms with Gasteiger partial charge >= 0.3 is 0 Å². The fourth-order valence-electron chi connectivity index (χ4n) is 2.90. The van der Waals surface area contributed by atoms with Crippen LogP contribution in [0.2, 0.25) is 0 Å². The summed E-state index contributed by atoms with van der Waals surface area (Å²) in [5.74, 6) is 1.15. The summed E-state index contributed by atoms with van der Waals surface area (Å²) in [6.45, 7) is 1.58. The van der Waals surface area contributed by atoms with Crippen LogP contribution in [0.5, 0.6) is 5.75 Å². The number of Topliss-reactive ketones (excluding diaryl/α,β-unsaturated/α-hetero) is 1. The standard InChI is InChI=1S/C20H23NO2/c1-21(2)12-13-23-18-10-8-15(9-11-18)17-7-6-16-4-3-5-20(22)19(16)14-17/h6-11,14H,3-5,12-13H2,1-2H3. The summed E-state index contributed by atoms with van der Waals surface area (Å²) in [6.07, 6.45) is 2.67. The second kappa shape index (κ2) is 6.97. The van der Waals surface area contributed by atoms with Gasteiger partial charge in [-0.2, -0.15) is 0 Å². The number of carbonyl (C=O) groups excluding carboxylic acids is 1.